The first-order valence-electron chi connectivity index (χ1n) is 8.23. The summed E-state index contributed by atoms with van der Waals surface area (Å²) in [4.78, 5) is 36.4. The van der Waals surface area contributed by atoms with Crippen LogP contribution in [0.3, 0.4) is 0 Å². The van der Waals surface area contributed by atoms with Crippen LogP contribution in [0, 0.1) is 22.2 Å². The van der Waals surface area contributed by atoms with Crippen LogP contribution in [0.15, 0.2) is 24.3 Å². The molecule has 1 rings (SSSR count). The Morgan fingerprint density at radius 3 is 2.27 bits per heavy atom. The first-order valence-corrected chi connectivity index (χ1v) is 8.23. The van der Waals surface area contributed by atoms with Gasteiger partial charge in [-0.2, -0.15) is 5.26 Å². The van der Waals surface area contributed by atoms with Crippen LogP contribution in [0.2, 0.25) is 0 Å². The molecule has 0 aliphatic rings. The van der Waals surface area contributed by atoms with Crippen molar-refractivity contribution in [1.29, 1.82) is 5.26 Å². The number of Topliss-reactive ketones (excluding diaryl/α,β-unsaturated/α-hetero) is 1. The van der Waals surface area contributed by atoms with Gasteiger partial charge in [0.1, 0.15) is 12.4 Å². The Labute approximate surface area is 154 Å². The van der Waals surface area contributed by atoms with E-state index in [1.807, 2.05) is 26.8 Å². The van der Waals surface area contributed by atoms with Crippen molar-refractivity contribution in [1.82, 2.24) is 0 Å². The molecular formula is C20H25NO5. The number of carbonyl (C=O) groups is 3. The maximum atomic E-state index is 12.4. The molecular weight excluding hydrogens is 334 g/mol. The Morgan fingerprint density at radius 2 is 1.77 bits per heavy atom. The van der Waals surface area contributed by atoms with Crippen LogP contribution in [0.5, 0.6) is 0 Å². The number of esters is 2. The summed E-state index contributed by atoms with van der Waals surface area (Å²) in [5.74, 6) is -2.45. The summed E-state index contributed by atoms with van der Waals surface area (Å²) in [5, 5.41) is 9.15. The van der Waals surface area contributed by atoms with Gasteiger partial charge in [-0.1, -0.05) is 32.9 Å². The lowest BCUT2D eigenvalue weighted by Gasteiger charge is -2.30. The molecule has 0 aliphatic carbocycles. The molecule has 6 nitrogen and oxygen atoms in total. The predicted molar refractivity (Wildman–Crippen MR) is 95.3 cm³/mol. The molecule has 0 radical (unpaired) electrons. The van der Waals surface area contributed by atoms with Crippen LogP contribution in [0.4, 0.5) is 0 Å². The van der Waals surface area contributed by atoms with E-state index in [4.69, 9.17) is 10.00 Å². The van der Waals surface area contributed by atoms with Gasteiger partial charge in [0, 0.05) is 5.41 Å². The number of rotatable bonds is 6. The van der Waals surface area contributed by atoms with Crippen LogP contribution >= 0.6 is 0 Å². The molecule has 140 valence electrons. The third-order valence-electron chi connectivity index (χ3n) is 3.88. The molecule has 0 saturated heterocycles. The van der Waals surface area contributed by atoms with Gasteiger partial charge in [-0.3, -0.25) is 9.59 Å². The van der Waals surface area contributed by atoms with Gasteiger partial charge in [0.2, 0.25) is 0 Å². The van der Waals surface area contributed by atoms with E-state index in [0.29, 0.717) is 5.56 Å². The predicted octanol–water partition coefficient (Wildman–Crippen LogP) is 3.26. The average molecular weight is 359 g/mol. The van der Waals surface area contributed by atoms with Gasteiger partial charge in [0.25, 0.3) is 0 Å². The second-order valence-electron chi connectivity index (χ2n) is 7.75. The summed E-state index contributed by atoms with van der Waals surface area (Å²) >= 11 is 0. The molecule has 0 amide bonds. The van der Waals surface area contributed by atoms with Crippen molar-refractivity contribution >= 4 is 17.7 Å². The van der Waals surface area contributed by atoms with Gasteiger partial charge in [-0.25, -0.2) is 4.79 Å². The number of hydrogen-bond donors (Lipinski definition) is 0. The maximum Gasteiger partial charge on any atom is 0.338 e. The molecule has 6 heteroatoms. The van der Waals surface area contributed by atoms with E-state index in [0.717, 1.165) is 0 Å². The van der Waals surface area contributed by atoms with Crippen LogP contribution in [0.25, 0.3) is 0 Å². The minimum atomic E-state index is -1.12. The molecule has 26 heavy (non-hydrogen) atoms. The van der Waals surface area contributed by atoms with E-state index in [1.54, 1.807) is 26.0 Å². The van der Waals surface area contributed by atoms with E-state index >= 15 is 0 Å². The molecule has 1 atom stereocenters. The number of nitriles is 1. The number of hydrogen-bond acceptors (Lipinski definition) is 6. The van der Waals surface area contributed by atoms with Gasteiger partial charge in [-0.05, 0) is 31.5 Å². The smallest absolute Gasteiger partial charge is 0.338 e. The number of benzene rings is 1. The third-order valence-corrected chi connectivity index (χ3v) is 3.88. The monoisotopic (exact) mass is 359 g/mol. The number of nitrogens with zero attached hydrogens (tertiary/aromatic N) is 1. The lowest BCUT2D eigenvalue weighted by Crippen LogP contribution is -2.38. The Morgan fingerprint density at radius 1 is 1.15 bits per heavy atom. The zero-order valence-corrected chi connectivity index (χ0v) is 16.1. The maximum absolute atomic E-state index is 12.4. The average Bonchev–Trinajstić information content (AvgIpc) is 2.59. The molecule has 0 heterocycles. The SMILES string of the molecule is COC(=O)C(C#N)c1cccc(C(=O)OCC(C)(C)C(=O)C(C)(C)C)c1. The van der Waals surface area contributed by atoms with Crippen molar-refractivity contribution in [2.24, 2.45) is 10.8 Å². The third kappa shape index (κ3) is 5.16. The van der Waals surface area contributed by atoms with Crippen LogP contribution < -0.4 is 0 Å². The summed E-state index contributed by atoms with van der Waals surface area (Å²) in [6, 6.07) is 7.92. The molecule has 0 saturated carbocycles. The van der Waals surface area contributed by atoms with E-state index < -0.39 is 28.7 Å². The fraction of sp³-hybridized carbons (Fsp3) is 0.500. The second-order valence-corrected chi connectivity index (χ2v) is 7.75. The highest BCUT2D eigenvalue weighted by atomic mass is 16.5. The van der Waals surface area contributed by atoms with Gasteiger partial charge in [-0.15, -0.1) is 0 Å². The summed E-state index contributed by atoms with van der Waals surface area (Å²) in [5.41, 5.74) is -0.826. The lowest BCUT2D eigenvalue weighted by atomic mass is 9.75. The topological polar surface area (TPSA) is 93.5 Å². The fourth-order valence-corrected chi connectivity index (χ4v) is 2.64. The summed E-state index contributed by atoms with van der Waals surface area (Å²) in [6.45, 7) is 8.84. The second kappa shape index (κ2) is 8.13. The normalized spacial score (nSPS) is 12.7. The highest BCUT2D eigenvalue weighted by Crippen LogP contribution is 2.29. The quantitative estimate of drug-likeness (QED) is 0.724. The number of methoxy groups -OCH3 is 1. The summed E-state index contributed by atoms with van der Waals surface area (Å²) < 4.78 is 9.90. The highest BCUT2D eigenvalue weighted by molar-refractivity contribution is 5.92. The van der Waals surface area contributed by atoms with E-state index in [9.17, 15) is 14.4 Å². The highest BCUT2D eigenvalue weighted by Gasteiger charge is 2.37. The van der Waals surface area contributed by atoms with E-state index in [2.05, 4.69) is 4.74 Å². The van der Waals surface area contributed by atoms with E-state index in [1.165, 1.54) is 19.2 Å². The minimum absolute atomic E-state index is 0.0122. The zero-order chi connectivity index (χ0) is 20.1. The summed E-state index contributed by atoms with van der Waals surface area (Å²) in [7, 11) is 1.19. The van der Waals surface area contributed by atoms with E-state index in [-0.39, 0.29) is 18.0 Å². The first kappa shape index (κ1) is 21.4. The van der Waals surface area contributed by atoms with Gasteiger partial charge in [0.05, 0.1) is 24.2 Å². The standard InChI is InChI=1S/C20H25NO5/c1-19(2,3)18(24)20(4,5)12-26-16(22)14-9-7-8-13(10-14)15(11-21)17(23)25-6/h7-10,15H,12H2,1-6H3. The van der Waals surface area contributed by atoms with Crippen molar-refractivity contribution in [2.45, 2.75) is 40.5 Å². The number of ether oxygens (including phenoxy) is 2. The van der Waals surface area contributed by atoms with Crippen LogP contribution in [-0.4, -0.2) is 31.4 Å². The Hall–Kier alpha value is -2.68. The van der Waals surface area contributed by atoms with Gasteiger partial charge < -0.3 is 9.47 Å². The Balaban J connectivity index is 2.93. The number of carbonyl (C=O) groups excluding carboxylic acids is 3. The largest absolute Gasteiger partial charge is 0.468 e. The van der Waals surface area contributed by atoms with Gasteiger partial charge in [0.15, 0.2) is 5.92 Å². The van der Waals surface area contributed by atoms with Crippen LogP contribution in [-0.2, 0) is 19.1 Å². The molecule has 1 aromatic rings. The first-order chi connectivity index (χ1) is 11.9. The van der Waals surface area contributed by atoms with Crippen LogP contribution in [0.1, 0.15) is 56.5 Å². The number of ketones is 1. The van der Waals surface area contributed by atoms with Crippen molar-refractivity contribution in [3.63, 3.8) is 0 Å². The molecule has 0 N–H and O–H groups in total. The fourth-order valence-electron chi connectivity index (χ4n) is 2.64. The Kier molecular flexibility index (Phi) is 6.68. The van der Waals surface area contributed by atoms with Crippen molar-refractivity contribution in [2.75, 3.05) is 13.7 Å². The molecule has 1 unspecified atom stereocenters. The molecule has 0 aliphatic heterocycles. The molecule has 0 spiro atoms. The zero-order valence-electron chi connectivity index (χ0n) is 16.1. The van der Waals surface area contributed by atoms with Gasteiger partial charge >= 0.3 is 11.9 Å². The van der Waals surface area contributed by atoms with Crippen molar-refractivity contribution in [3.05, 3.63) is 35.4 Å². The molecule has 0 fully saturated rings. The Bertz CT molecular complexity index is 737. The van der Waals surface area contributed by atoms with Crippen molar-refractivity contribution < 1.29 is 23.9 Å². The molecule has 0 aromatic heterocycles. The minimum Gasteiger partial charge on any atom is -0.468 e. The molecule has 0 bridgehead atoms. The van der Waals surface area contributed by atoms with Crippen molar-refractivity contribution in [3.8, 4) is 6.07 Å². The summed E-state index contributed by atoms with van der Waals surface area (Å²) in [6.07, 6.45) is 0. The molecule has 1 aromatic carbocycles. The lowest BCUT2D eigenvalue weighted by molar-refractivity contribution is -0.141.